The van der Waals surface area contributed by atoms with Gasteiger partial charge in [0.15, 0.2) is 0 Å². The van der Waals surface area contributed by atoms with Crippen molar-refractivity contribution < 1.29 is 14.4 Å². The fourth-order valence-electron chi connectivity index (χ4n) is 2.41. The van der Waals surface area contributed by atoms with Gasteiger partial charge in [0.05, 0.1) is 11.1 Å². The summed E-state index contributed by atoms with van der Waals surface area (Å²) in [6.07, 6.45) is 1.55. The average molecular weight is 298 g/mol. The highest BCUT2D eigenvalue weighted by Gasteiger charge is 2.32. The lowest BCUT2D eigenvalue weighted by atomic mass is 10.1. The summed E-state index contributed by atoms with van der Waals surface area (Å²) in [6, 6.07) is 6.29. The van der Waals surface area contributed by atoms with Crippen LogP contribution in [0.2, 0.25) is 0 Å². The maximum atomic E-state index is 12.2. The van der Waals surface area contributed by atoms with E-state index in [9.17, 15) is 14.4 Å². The van der Waals surface area contributed by atoms with Crippen molar-refractivity contribution in [2.24, 2.45) is 0 Å². The van der Waals surface area contributed by atoms with Crippen molar-refractivity contribution in [1.29, 1.82) is 0 Å². The van der Waals surface area contributed by atoms with E-state index in [1.807, 2.05) is 6.92 Å². The number of imide groups is 1. The van der Waals surface area contributed by atoms with Crippen molar-refractivity contribution in [3.05, 3.63) is 47.3 Å². The summed E-state index contributed by atoms with van der Waals surface area (Å²) in [7, 11) is 1.43. The molecule has 2 heterocycles. The monoisotopic (exact) mass is 298 g/mol. The molecule has 22 heavy (non-hydrogen) atoms. The molecule has 0 saturated carbocycles. The third-order valence-corrected chi connectivity index (χ3v) is 3.60. The highest BCUT2D eigenvalue weighted by Crippen LogP contribution is 2.25. The van der Waals surface area contributed by atoms with Crippen LogP contribution in [-0.4, -0.2) is 39.4 Å². The first kappa shape index (κ1) is 14.0. The molecule has 0 spiro atoms. The molecular formula is C15H14N4O3. The first-order valence-electron chi connectivity index (χ1n) is 6.82. The molecule has 2 aromatic rings. The number of hydrogen-bond donors (Lipinski definition) is 1. The van der Waals surface area contributed by atoms with Gasteiger partial charge in [-0.2, -0.15) is 5.10 Å². The van der Waals surface area contributed by atoms with Crippen LogP contribution in [0.5, 0.6) is 0 Å². The molecule has 112 valence electrons. The van der Waals surface area contributed by atoms with Crippen molar-refractivity contribution >= 4 is 23.4 Å². The molecule has 1 N–H and O–H groups in total. The quantitative estimate of drug-likeness (QED) is 0.868. The van der Waals surface area contributed by atoms with E-state index >= 15 is 0 Å². The van der Waals surface area contributed by atoms with Gasteiger partial charge in [-0.05, 0) is 31.2 Å². The van der Waals surface area contributed by atoms with Gasteiger partial charge in [0, 0.05) is 25.5 Å². The lowest BCUT2D eigenvalue weighted by Gasteiger charge is -2.07. The molecule has 1 aromatic carbocycles. The molecule has 0 saturated heterocycles. The highest BCUT2D eigenvalue weighted by atomic mass is 16.2. The fourth-order valence-corrected chi connectivity index (χ4v) is 2.41. The largest absolute Gasteiger partial charge is 0.321 e. The van der Waals surface area contributed by atoms with E-state index in [0.717, 1.165) is 4.90 Å². The Kier molecular flexibility index (Phi) is 3.25. The molecule has 0 atom stereocenters. The Hall–Kier alpha value is -2.96. The lowest BCUT2D eigenvalue weighted by Crippen LogP contribution is -2.24. The summed E-state index contributed by atoms with van der Waals surface area (Å²) in [6.45, 7) is 2.47. The minimum Gasteiger partial charge on any atom is -0.321 e. The number of hydrogen-bond acceptors (Lipinski definition) is 4. The van der Waals surface area contributed by atoms with E-state index in [2.05, 4.69) is 10.4 Å². The summed E-state index contributed by atoms with van der Waals surface area (Å²) in [5.41, 5.74) is 1.55. The molecular weight excluding hydrogens is 284 g/mol. The van der Waals surface area contributed by atoms with E-state index in [1.165, 1.54) is 13.1 Å². The second-order valence-electron chi connectivity index (χ2n) is 4.92. The van der Waals surface area contributed by atoms with Crippen LogP contribution < -0.4 is 5.32 Å². The topological polar surface area (TPSA) is 84.3 Å². The smallest absolute Gasteiger partial charge is 0.273 e. The molecule has 0 fully saturated rings. The van der Waals surface area contributed by atoms with Gasteiger partial charge >= 0.3 is 0 Å². The molecule has 7 heteroatoms. The van der Waals surface area contributed by atoms with E-state index < -0.39 is 0 Å². The van der Waals surface area contributed by atoms with Crippen LogP contribution in [0.15, 0.2) is 30.5 Å². The van der Waals surface area contributed by atoms with Gasteiger partial charge in [-0.15, -0.1) is 0 Å². The third kappa shape index (κ3) is 2.07. The molecule has 0 aliphatic carbocycles. The first-order chi connectivity index (χ1) is 10.5. The van der Waals surface area contributed by atoms with Crippen LogP contribution in [0.25, 0.3) is 0 Å². The first-order valence-corrected chi connectivity index (χ1v) is 6.82. The molecule has 0 unspecified atom stereocenters. The van der Waals surface area contributed by atoms with Gasteiger partial charge in [0.2, 0.25) is 0 Å². The van der Waals surface area contributed by atoms with E-state index in [4.69, 9.17) is 0 Å². The fraction of sp³-hybridized carbons (Fsp3) is 0.200. The number of nitrogens with one attached hydrogen (secondary N) is 1. The highest BCUT2D eigenvalue weighted by molar-refractivity contribution is 6.21. The van der Waals surface area contributed by atoms with Gasteiger partial charge in [0.1, 0.15) is 5.69 Å². The Balaban J connectivity index is 1.88. The van der Waals surface area contributed by atoms with Crippen LogP contribution >= 0.6 is 0 Å². The molecule has 3 amide bonds. The van der Waals surface area contributed by atoms with Gasteiger partial charge in [-0.3, -0.25) is 24.0 Å². The number of carbonyl (C=O) groups excluding carboxylic acids is 3. The number of rotatable bonds is 3. The Morgan fingerprint density at radius 1 is 1.18 bits per heavy atom. The zero-order chi connectivity index (χ0) is 15.9. The molecule has 0 radical (unpaired) electrons. The minimum absolute atomic E-state index is 0.300. The number of nitrogens with zero attached hydrogens (tertiary/aromatic N) is 3. The number of carbonyl (C=O) groups is 3. The zero-order valence-electron chi connectivity index (χ0n) is 12.2. The molecule has 3 rings (SSSR count). The molecule has 1 aromatic heterocycles. The molecule has 0 bridgehead atoms. The Labute approximate surface area is 126 Å². The number of aryl methyl sites for hydroxylation is 1. The van der Waals surface area contributed by atoms with Gasteiger partial charge in [-0.25, -0.2) is 0 Å². The Morgan fingerprint density at radius 3 is 2.64 bits per heavy atom. The standard InChI is InChI=1S/C15H14N4O3/c1-3-19-12(6-7-16-19)13(20)17-9-4-5-10-11(8-9)15(22)18(2)14(10)21/h4-8H,3H2,1-2H3,(H,17,20). The summed E-state index contributed by atoms with van der Waals surface area (Å²) < 4.78 is 1.57. The predicted molar refractivity (Wildman–Crippen MR) is 78.7 cm³/mol. The Morgan fingerprint density at radius 2 is 1.91 bits per heavy atom. The number of benzene rings is 1. The van der Waals surface area contributed by atoms with E-state index in [0.29, 0.717) is 29.1 Å². The number of aromatic nitrogens is 2. The van der Waals surface area contributed by atoms with Gasteiger partial charge < -0.3 is 5.32 Å². The van der Waals surface area contributed by atoms with E-state index in [-0.39, 0.29) is 17.7 Å². The van der Waals surface area contributed by atoms with Crippen molar-refractivity contribution in [3.8, 4) is 0 Å². The normalized spacial score (nSPS) is 13.5. The maximum Gasteiger partial charge on any atom is 0.273 e. The van der Waals surface area contributed by atoms with Crippen LogP contribution in [0.1, 0.15) is 38.1 Å². The van der Waals surface area contributed by atoms with Crippen LogP contribution in [0, 0.1) is 0 Å². The summed E-state index contributed by atoms with van der Waals surface area (Å²) in [5, 5.41) is 6.75. The summed E-state index contributed by atoms with van der Waals surface area (Å²) in [4.78, 5) is 37.1. The number of anilines is 1. The van der Waals surface area contributed by atoms with Crippen LogP contribution in [-0.2, 0) is 6.54 Å². The molecule has 1 aliphatic rings. The summed E-state index contributed by atoms with van der Waals surface area (Å²) in [5.74, 6) is -1.01. The van der Waals surface area contributed by atoms with Crippen molar-refractivity contribution in [1.82, 2.24) is 14.7 Å². The van der Waals surface area contributed by atoms with Crippen molar-refractivity contribution in [2.75, 3.05) is 12.4 Å². The lowest BCUT2D eigenvalue weighted by molar-refractivity contribution is 0.0692. The van der Waals surface area contributed by atoms with Crippen molar-refractivity contribution in [2.45, 2.75) is 13.5 Å². The second kappa shape index (κ2) is 5.10. The van der Waals surface area contributed by atoms with Crippen molar-refractivity contribution in [3.63, 3.8) is 0 Å². The Bertz CT molecular complexity index is 794. The third-order valence-electron chi connectivity index (χ3n) is 3.60. The number of amides is 3. The SMILES string of the molecule is CCn1nccc1C(=O)Nc1ccc2c(c1)C(=O)N(C)C2=O. The minimum atomic E-state index is -0.366. The van der Waals surface area contributed by atoms with E-state index in [1.54, 1.807) is 29.1 Å². The second-order valence-corrected chi connectivity index (χ2v) is 4.92. The summed E-state index contributed by atoms with van der Waals surface area (Å²) >= 11 is 0. The number of fused-ring (bicyclic) bond motifs is 1. The van der Waals surface area contributed by atoms with Crippen LogP contribution in [0.4, 0.5) is 5.69 Å². The average Bonchev–Trinajstić information content (AvgIpc) is 3.08. The molecule has 1 aliphatic heterocycles. The maximum absolute atomic E-state index is 12.2. The van der Waals surface area contributed by atoms with Gasteiger partial charge in [-0.1, -0.05) is 0 Å². The van der Waals surface area contributed by atoms with Gasteiger partial charge in [0.25, 0.3) is 17.7 Å². The predicted octanol–water partition coefficient (Wildman–Crippen LogP) is 1.38. The molecule has 7 nitrogen and oxygen atoms in total. The zero-order valence-corrected chi connectivity index (χ0v) is 12.2. The van der Waals surface area contributed by atoms with Crippen LogP contribution in [0.3, 0.4) is 0 Å².